The smallest absolute Gasteiger partial charge is 0.365 e. The van der Waals surface area contributed by atoms with E-state index in [1.54, 1.807) is 24.3 Å². The molecule has 0 fully saturated rings. The lowest BCUT2D eigenvalue weighted by Gasteiger charge is -2.17. The van der Waals surface area contributed by atoms with Gasteiger partial charge in [0.05, 0.1) is 5.69 Å². The Morgan fingerprint density at radius 3 is 2.67 bits per heavy atom. The highest BCUT2D eigenvalue weighted by molar-refractivity contribution is 14.1. The van der Waals surface area contributed by atoms with Gasteiger partial charge < -0.3 is 10.1 Å². The van der Waals surface area contributed by atoms with Crippen LogP contribution < -0.4 is 14.4 Å². The molecule has 0 atom stereocenters. The first kappa shape index (κ1) is 19.6. The Morgan fingerprint density at radius 2 is 2.00 bits per heavy atom. The number of aromatic nitrogens is 2. The summed E-state index contributed by atoms with van der Waals surface area (Å²) in [7, 11) is 0. The van der Waals surface area contributed by atoms with E-state index in [9.17, 15) is 9.59 Å². The molecule has 2 amide bonds. The largest absolute Gasteiger partial charge is 0.422 e. The molecule has 0 bridgehead atoms. The SMILES string of the molecule is O=C(Oc1ccc(N(S)C(=O)NCc2cccc(I)c2)cc1)c1csnn1. The second kappa shape index (κ2) is 9.15. The number of carbonyl (C=O) groups excluding carboxylic acids is 2. The van der Waals surface area contributed by atoms with Gasteiger partial charge in [-0.2, -0.15) is 0 Å². The van der Waals surface area contributed by atoms with E-state index in [0.717, 1.165) is 20.7 Å². The van der Waals surface area contributed by atoms with E-state index in [0.29, 0.717) is 18.0 Å². The van der Waals surface area contributed by atoms with Crippen LogP contribution in [0.5, 0.6) is 5.75 Å². The fourth-order valence-electron chi connectivity index (χ4n) is 2.08. The summed E-state index contributed by atoms with van der Waals surface area (Å²) in [5.74, 6) is -0.257. The van der Waals surface area contributed by atoms with Crippen LogP contribution in [0.1, 0.15) is 16.1 Å². The van der Waals surface area contributed by atoms with Crippen LogP contribution in [0.25, 0.3) is 0 Å². The molecule has 1 N–H and O–H groups in total. The number of thiol groups is 1. The standard InChI is InChI=1S/C17H13IN4O3S2/c18-12-3-1-2-11(8-12)9-19-17(24)22(26)13-4-6-14(7-5-13)25-16(23)15-10-27-21-20-15/h1-8,10,26H,9H2,(H,19,24). The van der Waals surface area contributed by atoms with Crippen LogP contribution in [-0.2, 0) is 6.54 Å². The van der Waals surface area contributed by atoms with Crippen molar-refractivity contribution >= 4 is 64.6 Å². The summed E-state index contributed by atoms with van der Waals surface area (Å²) in [6, 6.07) is 13.9. The van der Waals surface area contributed by atoms with E-state index in [4.69, 9.17) is 4.74 Å². The van der Waals surface area contributed by atoms with E-state index in [1.807, 2.05) is 24.3 Å². The Bertz CT molecular complexity index is 936. The Kier molecular flexibility index (Phi) is 6.63. The molecular weight excluding hydrogens is 499 g/mol. The number of nitrogens with zero attached hydrogens (tertiary/aromatic N) is 3. The van der Waals surface area contributed by atoms with Crippen LogP contribution in [0.3, 0.4) is 0 Å². The van der Waals surface area contributed by atoms with Gasteiger partial charge in [0.15, 0.2) is 5.69 Å². The first-order chi connectivity index (χ1) is 13.0. The van der Waals surface area contributed by atoms with Gasteiger partial charge in [0.2, 0.25) is 0 Å². The van der Waals surface area contributed by atoms with Crippen molar-refractivity contribution in [2.45, 2.75) is 6.54 Å². The number of hydrogen-bond donors (Lipinski definition) is 2. The number of benzene rings is 2. The van der Waals surface area contributed by atoms with Crippen LogP contribution in [0.2, 0.25) is 0 Å². The third-order valence-corrected chi connectivity index (χ3v) is 4.97. The summed E-state index contributed by atoms with van der Waals surface area (Å²) in [6.45, 7) is 0.393. The molecular formula is C17H13IN4O3S2. The van der Waals surface area contributed by atoms with Crippen molar-refractivity contribution in [2.24, 2.45) is 0 Å². The van der Waals surface area contributed by atoms with Gasteiger partial charge in [-0.1, -0.05) is 29.4 Å². The minimum atomic E-state index is -0.588. The first-order valence-corrected chi connectivity index (χ1v) is 9.95. The van der Waals surface area contributed by atoms with Crippen molar-refractivity contribution in [3.05, 3.63) is 68.7 Å². The van der Waals surface area contributed by atoms with Crippen LogP contribution in [0.4, 0.5) is 10.5 Å². The van der Waals surface area contributed by atoms with E-state index >= 15 is 0 Å². The van der Waals surface area contributed by atoms with Gasteiger partial charge in [0.1, 0.15) is 5.75 Å². The van der Waals surface area contributed by atoms with Gasteiger partial charge in [-0.3, -0.25) is 0 Å². The van der Waals surface area contributed by atoms with Crippen molar-refractivity contribution in [3.8, 4) is 5.75 Å². The van der Waals surface area contributed by atoms with Crippen LogP contribution in [0, 0.1) is 3.57 Å². The number of esters is 1. The zero-order chi connectivity index (χ0) is 19.2. The molecule has 10 heteroatoms. The normalized spacial score (nSPS) is 10.3. The van der Waals surface area contributed by atoms with Crippen molar-refractivity contribution in [1.29, 1.82) is 0 Å². The molecule has 0 saturated carbocycles. The molecule has 2 aromatic carbocycles. The van der Waals surface area contributed by atoms with Gasteiger partial charge in [-0.05, 0) is 76.1 Å². The molecule has 0 radical (unpaired) electrons. The summed E-state index contributed by atoms with van der Waals surface area (Å²) in [5, 5.41) is 7.95. The van der Waals surface area contributed by atoms with Gasteiger partial charge in [0, 0.05) is 15.5 Å². The average Bonchev–Trinajstić information content (AvgIpc) is 3.21. The molecule has 27 heavy (non-hydrogen) atoms. The minimum absolute atomic E-state index is 0.148. The van der Waals surface area contributed by atoms with Crippen LogP contribution in [0.15, 0.2) is 53.9 Å². The number of carbonyl (C=O) groups is 2. The predicted molar refractivity (Wildman–Crippen MR) is 114 cm³/mol. The zero-order valence-corrected chi connectivity index (χ0v) is 17.6. The molecule has 0 aliphatic carbocycles. The van der Waals surface area contributed by atoms with Gasteiger partial charge >= 0.3 is 12.0 Å². The topological polar surface area (TPSA) is 84.4 Å². The maximum Gasteiger partial charge on any atom is 0.365 e. The molecule has 138 valence electrons. The van der Waals surface area contributed by atoms with Gasteiger partial charge in [0.25, 0.3) is 0 Å². The minimum Gasteiger partial charge on any atom is -0.422 e. The Balaban J connectivity index is 1.57. The summed E-state index contributed by atoms with van der Waals surface area (Å²) in [4.78, 5) is 24.1. The number of urea groups is 1. The fraction of sp³-hybridized carbons (Fsp3) is 0.0588. The Hall–Kier alpha value is -2.18. The number of halogens is 1. The van der Waals surface area contributed by atoms with Crippen molar-refractivity contribution in [3.63, 3.8) is 0 Å². The lowest BCUT2D eigenvalue weighted by Crippen LogP contribution is -2.33. The molecule has 1 heterocycles. The molecule has 3 aromatic rings. The molecule has 0 saturated heterocycles. The molecule has 3 rings (SSSR count). The number of ether oxygens (including phenoxy) is 1. The molecule has 0 aliphatic rings. The second-order valence-electron chi connectivity index (χ2n) is 5.27. The zero-order valence-electron chi connectivity index (χ0n) is 13.7. The molecule has 1 aromatic heterocycles. The van der Waals surface area contributed by atoms with E-state index < -0.39 is 5.97 Å². The summed E-state index contributed by atoms with van der Waals surface area (Å²) < 4.78 is 11.1. The Morgan fingerprint density at radius 1 is 1.22 bits per heavy atom. The Labute approximate surface area is 178 Å². The predicted octanol–water partition coefficient (Wildman–Crippen LogP) is 3.92. The molecule has 7 nitrogen and oxygen atoms in total. The number of nitrogens with one attached hydrogen (secondary N) is 1. The summed E-state index contributed by atoms with van der Waals surface area (Å²) >= 11 is 7.52. The van der Waals surface area contributed by atoms with Crippen molar-refractivity contribution < 1.29 is 14.3 Å². The molecule has 0 unspecified atom stereocenters. The maximum absolute atomic E-state index is 12.3. The van der Waals surface area contributed by atoms with E-state index in [2.05, 4.69) is 50.3 Å². The fourth-order valence-corrected chi connectivity index (χ4v) is 3.32. The molecule has 0 aliphatic heterocycles. The third-order valence-electron chi connectivity index (χ3n) is 3.39. The lowest BCUT2D eigenvalue weighted by molar-refractivity contribution is 0.0728. The molecule has 0 spiro atoms. The number of hydrogen-bond acceptors (Lipinski definition) is 7. The highest BCUT2D eigenvalue weighted by atomic mass is 127. The summed E-state index contributed by atoms with van der Waals surface area (Å²) in [5.41, 5.74) is 1.68. The number of amides is 2. The third kappa shape index (κ3) is 5.40. The number of rotatable bonds is 5. The van der Waals surface area contributed by atoms with E-state index in [-0.39, 0.29) is 11.7 Å². The first-order valence-electron chi connectivity index (χ1n) is 7.63. The van der Waals surface area contributed by atoms with Crippen molar-refractivity contribution in [2.75, 3.05) is 4.31 Å². The van der Waals surface area contributed by atoms with Gasteiger partial charge in [-0.15, -0.1) is 5.10 Å². The average molecular weight is 512 g/mol. The number of anilines is 1. The highest BCUT2D eigenvalue weighted by Gasteiger charge is 2.14. The van der Waals surface area contributed by atoms with E-state index in [1.165, 1.54) is 9.69 Å². The summed E-state index contributed by atoms with van der Waals surface area (Å²) in [6.07, 6.45) is 0. The van der Waals surface area contributed by atoms with Crippen molar-refractivity contribution in [1.82, 2.24) is 14.9 Å². The van der Waals surface area contributed by atoms with Crippen LogP contribution in [-0.4, -0.2) is 21.6 Å². The second-order valence-corrected chi connectivity index (χ2v) is 7.53. The quantitative estimate of drug-likeness (QED) is 0.234. The van der Waals surface area contributed by atoms with Crippen LogP contribution >= 0.6 is 46.9 Å². The van der Waals surface area contributed by atoms with Gasteiger partial charge in [-0.25, -0.2) is 13.9 Å². The monoisotopic (exact) mass is 512 g/mol. The highest BCUT2D eigenvalue weighted by Crippen LogP contribution is 2.21. The lowest BCUT2D eigenvalue weighted by atomic mass is 10.2. The maximum atomic E-state index is 12.3.